The van der Waals surface area contributed by atoms with Crippen LogP contribution in [0.3, 0.4) is 0 Å². The molecule has 1 fully saturated rings. The number of hydrogen-bond donors (Lipinski definition) is 3. The number of halogens is 4. The SMILES string of the molecule is O=P(O)(O)CCCNCc1ccc(SCCCCC2(c3ccc(F)cc3)COC2)c(OC(F)(F)F)c1. The van der Waals surface area contributed by atoms with Crippen LogP contribution in [0.2, 0.25) is 0 Å². The molecule has 0 spiro atoms. The molecule has 0 amide bonds. The van der Waals surface area contributed by atoms with Crippen LogP contribution in [-0.2, 0) is 21.3 Å². The fourth-order valence-corrected chi connectivity index (χ4v) is 5.53. The Hall–Kier alpha value is -1.62. The second kappa shape index (κ2) is 12.8. The molecule has 1 aliphatic heterocycles. The van der Waals surface area contributed by atoms with Gasteiger partial charge in [-0.2, -0.15) is 0 Å². The third-order valence-electron chi connectivity index (χ3n) is 5.89. The molecule has 2 aromatic carbocycles. The Bertz CT molecular complexity index is 1030. The highest BCUT2D eigenvalue weighted by atomic mass is 32.2. The van der Waals surface area contributed by atoms with Gasteiger partial charge in [0.2, 0.25) is 0 Å². The third-order valence-corrected chi connectivity index (χ3v) is 7.93. The van der Waals surface area contributed by atoms with Crippen LogP contribution in [0.1, 0.15) is 36.8 Å². The van der Waals surface area contributed by atoms with E-state index in [1.165, 1.54) is 30.0 Å². The van der Waals surface area contributed by atoms with Crippen molar-refractivity contribution in [3.63, 3.8) is 0 Å². The summed E-state index contributed by atoms with van der Waals surface area (Å²) in [7, 11) is -4.07. The van der Waals surface area contributed by atoms with Crippen LogP contribution in [0.15, 0.2) is 47.4 Å². The standard InChI is InChI=1S/C24H30F4NO5PS/c25-20-7-5-19(6-8-20)23(16-33-17-23)10-1-2-13-36-22-9-4-18(14-21(22)34-24(26,27)28)15-29-11-3-12-35(30,31)32/h4-9,14,29H,1-3,10-13,15-17H2,(H2,30,31,32). The van der Waals surface area contributed by atoms with E-state index in [4.69, 9.17) is 14.5 Å². The first kappa shape index (κ1) is 28.9. The van der Waals surface area contributed by atoms with Gasteiger partial charge in [-0.15, -0.1) is 24.9 Å². The first-order valence-corrected chi connectivity index (χ1v) is 14.3. The van der Waals surface area contributed by atoms with Crippen molar-refractivity contribution in [3.05, 3.63) is 59.4 Å². The molecule has 36 heavy (non-hydrogen) atoms. The first-order chi connectivity index (χ1) is 17.0. The van der Waals surface area contributed by atoms with Crippen LogP contribution in [-0.4, -0.2) is 47.8 Å². The van der Waals surface area contributed by atoms with Crippen LogP contribution < -0.4 is 10.1 Å². The summed E-state index contributed by atoms with van der Waals surface area (Å²) in [5.74, 6) is 0.0514. The molecule has 200 valence electrons. The lowest BCUT2D eigenvalue weighted by Crippen LogP contribution is -2.46. The van der Waals surface area contributed by atoms with Crippen molar-refractivity contribution < 1.29 is 41.4 Å². The summed E-state index contributed by atoms with van der Waals surface area (Å²) in [6.07, 6.45) is -2.36. The predicted octanol–water partition coefficient (Wildman–Crippen LogP) is 5.61. The van der Waals surface area contributed by atoms with Gasteiger partial charge in [0, 0.05) is 16.9 Å². The van der Waals surface area contributed by atoms with Crippen molar-refractivity contribution in [1.29, 1.82) is 0 Å². The third kappa shape index (κ3) is 9.36. The molecule has 0 unspecified atom stereocenters. The van der Waals surface area contributed by atoms with Gasteiger partial charge in [-0.1, -0.05) is 24.6 Å². The van der Waals surface area contributed by atoms with E-state index in [0.29, 0.717) is 36.0 Å². The monoisotopic (exact) mass is 551 g/mol. The van der Waals surface area contributed by atoms with Gasteiger partial charge in [0.1, 0.15) is 11.6 Å². The van der Waals surface area contributed by atoms with E-state index in [1.54, 1.807) is 24.3 Å². The Labute approximate surface area is 211 Å². The second-order valence-corrected chi connectivity index (χ2v) is 11.7. The maximum atomic E-state index is 13.3. The molecule has 0 saturated carbocycles. The molecule has 3 rings (SSSR count). The van der Waals surface area contributed by atoms with Crippen molar-refractivity contribution in [2.45, 2.75) is 48.9 Å². The number of hydrogen-bond acceptors (Lipinski definition) is 5. The summed E-state index contributed by atoms with van der Waals surface area (Å²) in [6, 6.07) is 11.1. The molecule has 0 bridgehead atoms. The normalized spacial score (nSPS) is 15.5. The highest BCUT2D eigenvalue weighted by Gasteiger charge is 2.39. The van der Waals surface area contributed by atoms with E-state index < -0.39 is 14.0 Å². The van der Waals surface area contributed by atoms with Crippen LogP contribution >= 0.6 is 19.4 Å². The van der Waals surface area contributed by atoms with Gasteiger partial charge in [0.25, 0.3) is 0 Å². The fourth-order valence-electron chi connectivity index (χ4n) is 3.98. The van der Waals surface area contributed by atoms with E-state index >= 15 is 0 Å². The fraction of sp³-hybridized carbons (Fsp3) is 0.500. The minimum Gasteiger partial charge on any atom is -0.405 e. The maximum absolute atomic E-state index is 13.3. The Balaban J connectivity index is 1.50. The molecule has 6 nitrogen and oxygen atoms in total. The van der Waals surface area contributed by atoms with E-state index in [9.17, 15) is 22.1 Å². The van der Waals surface area contributed by atoms with Crippen molar-refractivity contribution in [2.24, 2.45) is 0 Å². The zero-order chi connectivity index (χ0) is 26.2. The topological polar surface area (TPSA) is 88.0 Å². The number of thioether (sulfide) groups is 1. The lowest BCUT2D eigenvalue weighted by Gasteiger charge is -2.42. The molecule has 1 aliphatic rings. The zero-order valence-electron chi connectivity index (χ0n) is 19.6. The summed E-state index contributed by atoms with van der Waals surface area (Å²) >= 11 is 1.29. The quantitative estimate of drug-likeness (QED) is 0.122. The van der Waals surface area contributed by atoms with Crippen LogP contribution in [0.25, 0.3) is 0 Å². The molecule has 0 radical (unpaired) electrons. The van der Waals surface area contributed by atoms with Crippen molar-refractivity contribution in [1.82, 2.24) is 5.32 Å². The Kier molecular flexibility index (Phi) is 10.3. The minimum absolute atomic E-state index is 0.136. The highest BCUT2D eigenvalue weighted by molar-refractivity contribution is 7.99. The Morgan fingerprint density at radius 1 is 1.08 bits per heavy atom. The van der Waals surface area contributed by atoms with Crippen LogP contribution in [0, 0.1) is 5.82 Å². The van der Waals surface area contributed by atoms with Gasteiger partial charge in [-0.3, -0.25) is 4.57 Å². The van der Waals surface area contributed by atoms with E-state index in [2.05, 4.69) is 10.1 Å². The molecule has 1 heterocycles. The molecule has 12 heteroatoms. The van der Waals surface area contributed by atoms with Crippen LogP contribution in [0.4, 0.5) is 17.6 Å². The lowest BCUT2D eigenvalue weighted by atomic mass is 9.75. The Morgan fingerprint density at radius 2 is 1.81 bits per heavy atom. The number of benzene rings is 2. The number of rotatable bonds is 14. The number of alkyl halides is 3. The van der Waals surface area contributed by atoms with Gasteiger partial charge in [-0.05, 0) is 67.0 Å². The minimum atomic E-state index is -4.82. The molecule has 0 atom stereocenters. The van der Waals surface area contributed by atoms with Crippen LogP contribution in [0.5, 0.6) is 5.75 Å². The first-order valence-electron chi connectivity index (χ1n) is 11.6. The second-order valence-electron chi connectivity index (χ2n) is 8.83. The lowest BCUT2D eigenvalue weighted by molar-refractivity contribution is -0.275. The van der Waals surface area contributed by atoms with E-state index in [1.807, 2.05) is 0 Å². The molecule has 0 aromatic heterocycles. The van der Waals surface area contributed by atoms with Gasteiger partial charge in [0.05, 0.1) is 19.4 Å². The summed E-state index contributed by atoms with van der Waals surface area (Å²) in [6.45, 7) is 1.71. The predicted molar refractivity (Wildman–Crippen MR) is 130 cm³/mol. The molecular weight excluding hydrogens is 521 g/mol. The molecule has 2 aromatic rings. The molecular formula is C24H30F4NO5PS. The van der Waals surface area contributed by atoms with Crippen molar-refractivity contribution >= 4 is 19.4 Å². The van der Waals surface area contributed by atoms with Crippen molar-refractivity contribution in [3.8, 4) is 5.75 Å². The Morgan fingerprint density at radius 3 is 2.42 bits per heavy atom. The highest BCUT2D eigenvalue weighted by Crippen LogP contribution is 2.39. The summed E-state index contributed by atoms with van der Waals surface area (Å²) in [5, 5.41) is 2.97. The number of unbranched alkanes of at least 4 members (excludes halogenated alkanes) is 1. The van der Waals surface area contributed by atoms with Gasteiger partial charge < -0.3 is 24.6 Å². The molecule has 0 aliphatic carbocycles. The zero-order valence-corrected chi connectivity index (χ0v) is 21.3. The van der Waals surface area contributed by atoms with Crippen molar-refractivity contribution in [2.75, 3.05) is 31.7 Å². The number of nitrogens with one attached hydrogen (secondary N) is 1. The molecule has 3 N–H and O–H groups in total. The van der Waals surface area contributed by atoms with Gasteiger partial charge in [-0.25, -0.2) is 4.39 Å². The summed E-state index contributed by atoms with van der Waals surface area (Å²) in [5.41, 5.74) is 1.47. The van der Waals surface area contributed by atoms with Gasteiger partial charge >= 0.3 is 14.0 Å². The van der Waals surface area contributed by atoms with E-state index in [-0.39, 0.29) is 36.1 Å². The van der Waals surface area contributed by atoms with Gasteiger partial charge in [0.15, 0.2) is 0 Å². The smallest absolute Gasteiger partial charge is 0.405 e. The number of ether oxygens (including phenoxy) is 2. The molecule has 1 saturated heterocycles. The maximum Gasteiger partial charge on any atom is 0.573 e. The average molecular weight is 552 g/mol. The summed E-state index contributed by atoms with van der Waals surface area (Å²) in [4.78, 5) is 18.1. The van der Waals surface area contributed by atoms with E-state index in [0.717, 1.165) is 24.8 Å². The average Bonchev–Trinajstić information content (AvgIpc) is 2.75. The summed E-state index contributed by atoms with van der Waals surface area (Å²) < 4.78 is 72.7. The largest absolute Gasteiger partial charge is 0.573 e.